The summed E-state index contributed by atoms with van der Waals surface area (Å²) in [5.41, 5.74) is 0.204. The van der Waals surface area contributed by atoms with Crippen LogP contribution in [0.4, 0.5) is 4.39 Å². The average Bonchev–Trinajstić information content (AvgIpc) is 2.57. The van der Waals surface area contributed by atoms with Gasteiger partial charge in [0.05, 0.1) is 19.8 Å². The van der Waals surface area contributed by atoms with E-state index in [0.29, 0.717) is 11.3 Å². The van der Waals surface area contributed by atoms with Gasteiger partial charge in [-0.3, -0.25) is 0 Å². The van der Waals surface area contributed by atoms with Gasteiger partial charge >= 0.3 is 5.97 Å². The summed E-state index contributed by atoms with van der Waals surface area (Å²) in [6, 6.07) is 4.37. The Morgan fingerprint density at radius 1 is 1.25 bits per heavy atom. The molecule has 1 aromatic rings. The molecule has 0 heterocycles. The summed E-state index contributed by atoms with van der Waals surface area (Å²) in [5, 5.41) is 0. The molecule has 6 heteroatoms. The van der Waals surface area contributed by atoms with Gasteiger partial charge in [-0.05, 0) is 25.0 Å². The average molecular weight is 354 g/mol. The Balaban J connectivity index is 2.99. The fourth-order valence-electron chi connectivity index (χ4n) is 2.14. The second-order valence-corrected chi connectivity index (χ2v) is 5.65. The number of thiocarbonyl (C=S) groups is 1. The van der Waals surface area contributed by atoms with Crippen molar-refractivity contribution in [1.82, 2.24) is 0 Å². The van der Waals surface area contributed by atoms with Crippen molar-refractivity contribution in [2.45, 2.75) is 39.0 Å². The lowest BCUT2D eigenvalue weighted by atomic mass is 10.0. The van der Waals surface area contributed by atoms with E-state index in [1.807, 2.05) is 0 Å². The van der Waals surface area contributed by atoms with Crippen LogP contribution in [0.3, 0.4) is 0 Å². The third kappa shape index (κ3) is 5.92. The van der Waals surface area contributed by atoms with Crippen LogP contribution >= 0.6 is 12.2 Å². The summed E-state index contributed by atoms with van der Waals surface area (Å²) in [6.45, 7) is 2.12. The molecule has 1 aromatic carbocycles. The van der Waals surface area contributed by atoms with Crippen LogP contribution in [0.15, 0.2) is 30.2 Å². The van der Waals surface area contributed by atoms with E-state index in [9.17, 15) is 9.18 Å². The van der Waals surface area contributed by atoms with Crippen LogP contribution in [0.1, 0.15) is 44.6 Å². The first kappa shape index (κ1) is 20.1. The summed E-state index contributed by atoms with van der Waals surface area (Å²) >= 11 is 5.37. The highest BCUT2D eigenvalue weighted by Crippen LogP contribution is 2.26. The first-order chi connectivity index (χ1) is 11.5. The molecule has 0 radical (unpaired) electrons. The number of hydrogen-bond donors (Lipinski definition) is 0. The maximum Gasteiger partial charge on any atom is 0.377 e. The maximum absolute atomic E-state index is 14.3. The molecular weight excluding hydrogens is 331 g/mol. The third-order valence-electron chi connectivity index (χ3n) is 3.34. The van der Waals surface area contributed by atoms with Gasteiger partial charge in [0.25, 0.3) is 0 Å². The van der Waals surface area contributed by atoms with E-state index in [4.69, 9.17) is 21.7 Å². The second-order valence-electron chi connectivity index (χ2n) is 5.16. The zero-order chi connectivity index (χ0) is 17.9. The topological polar surface area (TPSA) is 44.8 Å². The minimum atomic E-state index is -0.721. The molecule has 0 aliphatic heterocycles. The Morgan fingerprint density at radius 2 is 2.00 bits per heavy atom. The van der Waals surface area contributed by atoms with E-state index in [1.165, 1.54) is 26.4 Å². The molecule has 0 aliphatic carbocycles. The molecule has 0 atom stereocenters. The molecule has 0 saturated heterocycles. The van der Waals surface area contributed by atoms with E-state index >= 15 is 0 Å². The lowest BCUT2D eigenvalue weighted by molar-refractivity contribution is -0.138. The predicted molar refractivity (Wildman–Crippen MR) is 94.6 cm³/mol. The highest BCUT2D eigenvalue weighted by atomic mass is 32.1. The van der Waals surface area contributed by atoms with Gasteiger partial charge in [-0.15, -0.1) is 0 Å². The molecule has 0 fully saturated rings. The maximum atomic E-state index is 14.3. The van der Waals surface area contributed by atoms with Gasteiger partial charge in [0.15, 0.2) is 0 Å². The third-order valence-corrected chi connectivity index (χ3v) is 3.75. The number of methoxy groups -OCH3 is 2. The summed E-state index contributed by atoms with van der Waals surface area (Å²) in [4.78, 5) is 12.2. The lowest BCUT2D eigenvalue weighted by Gasteiger charge is -2.14. The van der Waals surface area contributed by atoms with E-state index < -0.39 is 11.8 Å². The number of carbonyl (C=O) groups is 1. The number of ether oxygens (including phenoxy) is 3. The molecule has 0 N–H and O–H groups in total. The number of halogens is 1. The van der Waals surface area contributed by atoms with Crippen LogP contribution in [0.2, 0.25) is 0 Å². The van der Waals surface area contributed by atoms with Crippen molar-refractivity contribution >= 4 is 23.1 Å². The molecule has 0 unspecified atom stereocenters. The van der Waals surface area contributed by atoms with Crippen LogP contribution in [0.25, 0.3) is 0 Å². The monoisotopic (exact) mass is 354 g/mol. The molecule has 0 amide bonds. The summed E-state index contributed by atoms with van der Waals surface area (Å²) in [7, 11) is 2.59. The number of carbonyl (C=O) groups excluding carboxylic acids is 1. The van der Waals surface area contributed by atoms with Gasteiger partial charge < -0.3 is 14.2 Å². The number of benzene rings is 1. The SMILES string of the molecule is CCCCCCC(=S)c1c(F)cccc1OC(=COC)C(=O)OC. The molecule has 132 valence electrons. The van der Waals surface area contributed by atoms with Crippen molar-refractivity contribution in [3.63, 3.8) is 0 Å². The van der Waals surface area contributed by atoms with Gasteiger partial charge in [0.1, 0.15) is 17.8 Å². The number of hydrogen-bond acceptors (Lipinski definition) is 5. The highest BCUT2D eigenvalue weighted by Gasteiger charge is 2.19. The van der Waals surface area contributed by atoms with Gasteiger partial charge in [-0.2, -0.15) is 0 Å². The van der Waals surface area contributed by atoms with E-state index in [1.54, 1.807) is 6.07 Å². The predicted octanol–water partition coefficient (Wildman–Crippen LogP) is 4.55. The molecule has 1 rings (SSSR count). The van der Waals surface area contributed by atoms with E-state index in [0.717, 1.165) is 31.9 Å². The van der Waals surface area contributed by atoms with Crippen LogP contribution in [0.5, 0.6) is 5.75 Å². The van der Waals surface area contributed by atoms with Crippen molar-refractivity contribution in [2.75, 3.05) is 14.2 Å². The van der Waals surface area contributed by atoms with Crippen molar-refractivity contribution in [1.29, 1.82) is 0 Å². The lowest BCUT2D eigenvalue weighted by Crippen LogP contribution is -2.13. The zero-order valence-electron chi connectivity index (χ0n) is 14.3. The Kier molecular flexibility index (Phi) is 9.01. The first-order valence-corrected chi connectivity index (χ1v) is 8.26. The van der Waals surface area contributed by atoms with Crippen LogP contribution in [-0.2, 0) is 14.3 Å². The Morgan fingerprint density at radius 3 is 2.62 bits per heavy atom. The van der Waals surface area contributed by atoms with Gasteiger partial charge in [-0.1, -0.05) is 44.5 Å². The Hall–Kier alpha value is -1.95. The summed E-state index contributed by atoms with van der Waals surface area (Å²) in [5.74, 6) is -1.21. The van der Waals surface area contributed by atoms with Crippen molar-refractivity contribution in [2.24, 2.45) is 0 Å². The largest absolute Gasteiger partial charge is 0.500 e. The highest BCUT2D eigenvalue weighted by molar-refractivity contribution is 7.80. The quantitative estimate of drug-likeness (QED) is 0.154. The number of unbranched alkanes of at least 4 members (excludes halogenated alkanes) is 3. The minimum Gasteiger partial charge on any atom is -0.500 e. The van der Waals surface area contributed by atoms with Crippen molar-refractivity contribution in [3.8, 4) is 5.75 Å². The Labute approximate surface area is 147 Å². The molecule has 4 nitrogen and oxygen atoms in total. The standard InChI is InChI=1S/C18H23FO4S/c1-4-5-6-7-11-16(24)17-13(19)9-8-10-14(17)23-15(12-21-2)18(20)22-3/h8-10,12H,4-7,11H2,1-3H3. The van der Waals surface area contributed by atoms with Crippen molar-refractivity contribution < 1.29 is 23.4 Å². The molecule has 0 aromatic heterocycles. The molecular formula is C18H23FO4S. The van der Waals surface area contributed by atoms with Crippen molar-refractivity contribution in [3.05, 3.63) is 41.6 Å². The number of rotatable bonds is 10. The molecule has 0 spiro atoms. The molecule has 0 aliphatic rings. The molecule has 24 heavy (non-hydrogen) atoms. The van der Waals surface area contributed by atoms with Crippen LogP contribution in [-0.4, -0.2) is 25.1 Å². The zero-order valence-corrected chi connectivity index (χ0v) is 15.1. The summed E-state index contributed by atoms with van der Waals surface area (Å²) < 4.78 is 29.2. The van der Waals surface area contributed by atoms with Crippen LogP contribution < -0.4 is 4.74 Å². The fourth-order valence-corrected chi connectivity index (χ4v) is 2.48. The normalized spacial score (nSPS) is 11.1. The number of esters is 1. The molecule has 0 bridgehead atoms. The smallest absolute Gasteiger partial charge is 0.377 e. The van der Waals surface area contributed by atoms with Crippen LogP contribution in [0, 0.1) is 5.82 Å². The Bertz CT molecular complexity index is 599. The van der Waals surface area contributed by atoms with Gasteiger partial charge in [0, 0.05) is 4.86 Å². The second kappa shape index (κ2) is 10.8. The van der Waals surface area contributed by atoms with Gasteiger partial charge in [-0.25, -0.2) is 9.18 Å². The summed E-state index contributed by atoms with van der Waals surface area (Å²) in [6.07, 6.45) is 5.85. The minimum absolute atomic E-state index is 0.171. The van der Waals surface area contributed by atoms with E-state index in [-0.39, 0.29) is 17.1 Å². The van der Waals surface area contributed by atoms with Gasteiger partial charge in [0.2, 0.25) is 5.76 Å². The fraction of sp³-hybridized carbons (Fsp3) is 0.444. The van der Waals surface area contributed by atoms with E-state index in [2.05, 4.69) is 11.7 Å². The molecule has 0 saturated carbocycles. The first-order valence-electron chi connectivity index (χ1n) is 7.86.